The van der Waals surface area contributed by atoms with Gasteiger partial charge in [-0.05, 0) is 29.8 Å². The number of primary amides is 1. The molecule has 3 heterocycles. The molecule has 1 saturated heterocycles. The normalized spacial score (nSPS) is 15.2. The first kappa shape index (κ1) is 16.1. The van der Waals surface area contributed by atoms with Gasteiger partial charge in [0, 0.05) is 51.3 Å². The zero-order chi connectivity index (χ0) is 16.9. The first-order valence-electron chi connectivity index (χ1n) is 7.80. The van der Waals surface area contributed by atoms with Crippen molar-refractivity contribution < 1.29 is 9.59 Å². The summed E-state index contributed by atoms with van der Waals surface area (Å²) < 4.78 is 0. The molecule has 0 spiro atoms. The predicted octanol–water partition coefficient (Wildman–Crippen LogP) is 0.533. The van der Waals surface area contributed by atoms with Gasteiger partial charge in [0.1, 0.15) is 5.69 Å². The summed E-state index contributed by atoms with van der Waals surface area (Å²) in [5.74, 6) is -0.666. The average molecular weight is 325 g/mol. The molecule has 3 rings (SSSR count). The number of piperazine rings is 1. The van der Waals surface area contributed by atoms with Gasteiger partial charge in [-0.1, -0.05) is 0 Å². The Bertz CT molecular complexity index is 710. The van der Waals surface area contributed by atoms with Crippen molar-refractivity contribution in [2.75, 3.05) is 26.2 Å². The van der Waals surface area contributed by atoms with Crippen LogP contribution in [0.2, 0.25) is 0 Å². The van der Waals surface area contributed by atoms with E-state index in [0.29, 0.717) is 18.7 Å². The third-order valence-corrected chi connectivity index (χ3v) is 4.08. The molecule has 2 N–H and O–H groups in total. The van der Waals surface area contributed by atoms with E-state index >= 15 is 0 Å². The fourth-order valence-electron chi connectivity index (χ4n) is 2.70. The molecule has 1 aliphatic heterocycles. The van der Waals surface area contributed by atoms with Gasteiger partial charge < -0.3 is 10.6 Å². The summed E-state index contributed by atoms with van der Waals surface area (Å²) in [4.78, 5) is 35.6. The van der Waals surface area contributed by atoms with Crippen molar-refractivity contribution in [3.05, 3.63) is 59.7 Å². The second-order valence-corrected chi connectivity index (χ2v) is 5.72. The van der Waals surface area contributed by atoms with Gasteiger partial charge in [-0.15, -0.1) is 0 Å². The summed E-state index contributed by atoms with van der Waals surface area (Å²) in [6.07, 6.45) is 4.99. The Morgan fingerprint density at radius 2 is 1.75 bits per heavy atom. The minimum atomic E-state index is -0.598. The van der Waals surface area contributed by atoms with Crippen molar-refractivity contribution >= 4 is 11.8 Å². The molecule has 0 aliphatic carbocycles. The SMILES string of the molecule is NC(=O)c1ccc(C(=O)N2CCN(Cc3ccncc3)CC2)cn1. The van der Waals surface area contributed by atoms with Crippen LogP contribution < -0.4 is 5.73 Å². The Hall–Kier alpha value is -2.80. The maximum absolute atomic E-state index is 12.5. The molecular formula is C17H19N5O2. The molecule has 24 heavy (non-hydrogen) atoms. The van der Waals surface area contributed by atoms with E-state index in [-0.39, 0.29) is 11.6 Å². The summed E-state index contributed by atoms with van der Waals surface area (Å²) in [6.45, 7) is 3.84. The summed E-state index contributed by atoms with van der Waals surface area (Å²) in [6, 6.07) is 7.08. The van der Waals surface area contributed by atoms with Gasteiger partial charge in [-0.25, -0.2) is 0 Å². The summed E-state index contributed by atoms with van der Waals surface area (Å²) >= 11 is 0. The highest BCUT2D eigenvalue weighted by Crippen LogP contribution is 2.11. The Kier molecular flexibility index (Phi) is 4.81. The number of rotatable bonds is 4. The van der Waals surface area contributed by atoms with Crippen LogP contribution in [0, 0.1) is 0 Å². The van der Waals surface area contributed by atoms with E-state index in [4.69, 9.17) is 5.73 Å². The van der Waals surface area contributed by atoms with Gasteiger partial charge in [-0.2, -0.15) is 0 Å². The van der Waals surface area contributed by atoms with E-state index in [9.17, 15) is 9.59 Å². The molecule has 0 unspecified atom stereocenters. The van der Waals surface area contributed by atoms with Gasteiger partial charge in [-0.3, -0.25) is 24.5 Å². The van der Waals surface area contributed by atoms with Crippen molar-refractivity contribution in [1.82, 2.24) is 19.8 Å². The first-order valence-corrected chi connectivity index (χ1v) is 7.80. The van der Waals surface area contributed by atoms with E-state index in [1.54, 1.807) is 18.5 Å². The molecule has 0 aromatic carbocycles. The van der Waals surface area contributed by atoms with Crippen LogP contribution in [0.25, 0.3) is 0 Å². The molecule has 0 atom stereocenters. The predicted molar refractivity (Wildman–Crippen MR) is 88.2 cm³/mol. The molecule has 2 aromatic rings. The number of carbonyl (C=O) groups excluding carboxylic acids is 2. The number of aromatic nitrogens is 2. The fourth-order valence-corrected chi connectivity index (χ4v) is 2.70. The standard InChI is InChI=1S/C17H19N5O2/c18-16(23)15-2-1-14(11-20-15)17(24)22-9-7-21(8-10-22)12-13-3-5-19-6-4-13/h1-6,11H,7-10,12H2,(H2,18,23). The van der Waals surface area contributed by atoms with E-state index in [2.05, 4.69) is 14.9 Å². The third-order valence-electron chi connectivity index (χ3n) is 4.08. The van der Waals surface area contributed by atoms with Crippen LogP contribution in [0.4, 0.5) is 0 Å². The quantitative estimate of drug-likeness (QED) is 0.885. The lowest BCUT2D eigenvalue weighted by atomic mass is 10.2. The zero-order valence-electron chi connectivity index (χ0n) is 13.3. The monoisotopic (exact) mass is 325 g/mol. The fraction of sp³-hybridized carbons (Fsp3) is 0.294. The Balaban J connectivity index is 1.56. The van der Waals surface area contributed by atoms with Gasteiger partial charge in [0.15, 0.2) is 0 Å². The molecule has 2 aromatic heterocycles. The first-order chi connectivity index (χ1) is 11.6. The molecule has 2 amide bonds. The van der Waals surface area contributed by atoms with E-state index in [1.165, 1.54) is 17.8 Å². The second kappa shape index (κ2) is 7.18. The highest BCUT2D eigenvalue weighted by atomic mass is 16.2. The summed E-state index contributed by atoms with van der Waals surface area (Å²) in [7, 11) is 0. The van der Waals surface area contributed by atoms with Gasteiger partial charge in [0.05, 0.1) is 5.56 Å². The van der Waals surface area contributed by atoms with Crippen molar-refractivity contribution in [1.29, 1.82) is 0 Å². The molecule has 0 bridgehead atoms. The summed E-state index contributed by atoms with van der Waals surface area (Å²) in [5, 5.41) is 0. The van der Waals surface area contributed by atoms with Crippen LogP contribution in [-0.4, -0.2) is 57.8 Å². The van der Waals surface area contributed by atoms with Crippen LogP contribution in [0.1, 0.15) is 26.4 Å². The number of nitrogens with zero attached hydrogens (tertiary/aromatic N) is 4. The lowest BCUT2D eigenvalue weighted by Gasteiger charge is -2.34. The average Bonchev–Trinajstić information content (AvgIpc) is 2.63. The molecule has 7 heteroatoms. The molecule has 7 nitrogen and oxygen atoms in total. The topological polar surface area (TPSA) is 92.4 Å². The molecular weight excluding hydrogens is 306 g/mol. The van der Waals surface area contributed by atoms with Crippen molar-refractivity contribution in [2.24, 2.45) is 5.73 Å². The third kappa shape index (κ3) is 3.75. The van der Waals surface area contributed by atoms with Gasteiger partial charge >= 0.3 is 0 Å². The number of hydrogen-bond donors (Lipinski definition) is 1. The minimum Gasteiger partial charge on any atom is -0.364 e. The van der Waals surface area contributed by atoms with Crippen LogP contribution in [0.5, 0.6) is 0 Å². The van der Waals surface area contributed by atoms with Crippen molar-refractivity contribution in [3.63, 3.8) is 0 Å². The molecule has 0 radical (unpaired) electrons. The molecule has 124 valence electrons. The van der Waals surface area contributed by atoms with Crippen LogP contribution in [0.15, 0.2) is 42.9 Å². The number of amides is 2. The van der Waals surface area contributed by atoms with E-state index in [1.807, 2.05) is 17.0 Å². The van der Waals surface area contributed by atoms with Crippen LogP contribution in [-0.2, 0) is 6.54 Å². The Morgan fingerprint density at radius 3 is 2.33 bits per heavy atom. The highest BCUT2D eigenvalue weighted by Gasteiger charge is 2.22. The van der Waals surface area contributed by atoms with E-state index in [0.717, 1.165) is 19.6 Å². The maximum atomic E-state index is 12.5. The number of pyridine rings is 2. The van der Waals surface area contributed by atoms with Gasteiger partial charge in [0.2, 0.25) is 0 Å². The van der Waals surface area contributed by atoms with E-state index < -0.39 is 5.91 Å². The Morgan fingerprint density at radius 1 is 1.04 bits per heavy atom. The number of hydrogen-bond acceptors (Lipinski definition) is 5. The largest absolute Gasteiger partial charge is 0.364 e. The summed E-state index contributed by atoms with van der Waals surface area (Å²) in [5.41, 5.74) is 7.01. The van der Waals surface area contributed by atoms with Crippen molar-refractivity contribution in [3.8, 4) is 0 Å². The number of nitrogens with two attached hydrogens (primary N) is 1. The van der Waals surface area contributed by atoms with Gasteiger partial charge in [0.25, 0.3) is 11.8 Å². The molecule has 1 fully saturated rings. The lowest BCUT2D eigenvalue weighted by Crippen LogP contribution is -2.48. The smallest absolute Gasteiger partial charge is 0.267 e. The lowest BCUT2D eigenvalue weighted by molar-refractivity contribution is 0.0627. The molecule has 1 aliphatic rings. The minimum absolute atomic E-state index is 0.0675. The van der Waals surface area contributed by atoms with Crippen LogP contribution in [0.3, 0.4) is 0 Å². The highest BCUT2D eigenvalue weighted by molar-refractivity contribution is 5.95. The Labute approximate surface area is 140 Å². The second-order valence-electron chi connectivity index (χ2n) is 5.72. The van der Waals surface area contributed by atoms with Crippen LogP contribution >= 0.6 is 0 Å². The van der Waals surface area contributed by atoms with Crippen molar-refractivity contribution in [2.45, 2.75) is 6.54 Å². The number of carbonyl (C=O) groups is 2. The zero-order valence-corrected chi connectivity index (χ0v) is 13.3. The maximum Gasteiger partial charge on any atom is 0.267 e. The molecule has 0 saturated carbocycles.